The summed E-state index contributed by atoms with van der Waals surface area (Å²) in [4.78, 5) is 2.08. The van der Waals surface area contributed by atoms with Gasteiger partial charge >= 0.3 is 6.36 Å². The van der Waals surface area contributed by atoms with E-state index in [0.29, 0.717) is 6.54 Å². The number of piperidine rings is 1. The topological polar surface area (TPSA) is 53.2 Å². The Kier molecular flexibility index (Phi) is 4.55. The van der Waals surface area contributed by atoms with E-state index < -0.39 is 6.36 Å². The molecule has 2 N–H and O–H groups in total. The summed E-state index contributed by atoms with van der Waals surface area (Å²) in [6.07, 6.45) is -0.954. The van der Waals surface area contributed by atoms with E-state index in [1.807, 2.05) is 24.3 Å². The Morgan fingerprint density at radius 2 is 2.07 bits per heavy atom. The van der Waals surface area contributed by atoms with Crippen LogP contribution in [-0.2, 0) is 0 Å². The molecule has 1 aliphatic heterocycles. The predicted molar refractivity (Wildman–Crippen MR) is 98.1 cm³/mol. The smallest absolute Gasteiger partial charge is 0.406 e. The second-order valence-electron chi connectivity index (χ2n) is 6.65. The number of fused-ring (bicyclic) bond motifs is 1. The fraction of sp³-hybridized carbons (Fsp3) is 0.316. The molecule has 5 nitrogen and oxygen atoms in total. The van der Waals surface area contributed by atoms with Crippen molar-refractivity contribution in [2.45, 2.75) is 25.2 Å². The molecule has 1 saturated heterocycles. The van der Waals surface area contributed by atoms with Gasteiger partial charge in [0.1, 0.15) is 5.75 Å². The molecule has 1 aliphatic rings. The maximum atomic E-state index is 12.5. The number of aromatic amines is 1. The fourth-order valence-electron chi connectivity index (χ4n) is 3.48. The van der Waals surface area contributed by atoms with Gasteiger partial charge < -0.3 is 15.0 Å². The molecule has 0 saturated carbocycles. The highest BCUT2D eigenvalue weighted by Crippen LogP contribution is 2.29. The molecule has 1 unspecified atom stereocenters. The zero-order chi connectivity index (χ0) is 18.9. The van der Waals surface area contributed by atoms with Crippen LogP contribution in [0.4, 0.5) is 24.5 Å². The zero-order valence-electron chi connectivity index (χ0n) is 14.5. The summed E-state index contributed by atoms with van der Waals surface area (Å²) in [6.45, 7) is 1.51. The lowest BCUT2D eigenvalue weighted by atomic mass is 10.0. The van der Waals surface area contributed by atoms with Gasteiger partial charge in [-0.3, -0.25) is 5.10 Å². The van der Waals surface area contributed by atoms with Crippen LogP contribution in [0, 0.1) is 0 Å². The summed E-state index contributed by atoms with van der Waals surface area (Å²) >= 11 is 0. The van der Waals surface area contributed by atoms with Gasteiger partial charge in [-0.25, -0.2) is 0 Å². The van der Waals surface area contributed by atoms with Crippen LogP contribution in [0.1, 0.15) is 12.8 Å². The van der Waals surface area contributed by atoms with Crippen LogP contribution in [-0.4, -0.2) is 35.7 Å². The zero-order valence-corrected chi connectivity index (χ0v) is 14.5. The number of hydrogen-bond donors (Lipinski definition) is 2. The normalized spacial score (nSPS) is 17.9. The summed E-state index contributed by atoms with van der Waals surface area (Å²) in [7, 11) is 0. The molecule has 0 aliphatic carbocycles. The van der Waals surface area contributed by atoms with Crippen molar-refractivity contribution in [3.63, 3.8) is 0 Å². The minimum atomic E-state index is -4.68. The van der Waals surface area contributed by atoms with E-state index in [-0.39, 0.29) is 11.8 Å². The summed E-state index contributed by atoms with van der Waals surface area (Å²) in [6, 6.07) is 12.4. The van der Waals surface area contributed by atoms with Gasteiger partial charge in [-0.05, 0) is 43.2 Å². The number of halogens is 3. The molecule has 2 heterocycles. The molecule has 2 aromatic carbocycles. The van der Waals surface area contributed by atoms with E-state index >= 15 is 0 Å². The average Bonchev–Trinajstić information content (AvgIpc) is 3.08. The maximum absolute atomic E-state index is 12.5. The van der Waals surface area contributed by atoms with Gasteiger partial charge in [-0.2, -0.15) is 5.10 Å². The second kappa shape index (κ2) is 7.02. The van der Waals surface area contributed by atoms with Gasteiger partial charge in [0.25, 0.3) is 0 Å². The summed E-state index contributed by atoms with van der Waals surface area (Å²) in [5, 5.41) is 11.5. The van der Waals surface area contributed by atoms with E-state index in [9.17, 15) is 13.2 Å². The monoisotopic (exact) mass is 376 g/mol. The highest BCUT2D eigenvalue weighted by Gasteiger charge is 2.31. The minimum absolute atomic E-state index is 0.194. The Labute approximate surface area is 154 Å². The number of ether oxygens (including phenoxy) is 1. The maximum Gasteiger partial charge on any atom is 0.573 e. The van der Waals surface area contributed by atoms with Gasteiger partial charge in [0, 0.05) is 42.0 Å². The number of nitrogens with one attached hydrogen (secondary N) is 2. The molecule has 0 radical (unpaired) electrons. The number of benzene rings is 2. The standard InChI is InChI=1S/C19H19F3N4O/c20-19(21,22)27-17-5-1-4-16(10-17)26-8-2-3-15(12-26)24-14-6-7-18-13(9-14)11-23-25-18/h1,4-7,9-11,15,24H,2-3,8,12H2,(H,23,25). The molecule has 27 heavy (non-hydrogen) atoms. The first-order valence-electron chi connectivity index (χ1n) is 8.77. The summed E-state index contributed by atoms with van der Waals surface area (Å²) in [5.41, 5.74) is 2.71. The van der Waals surface area contributed by atoms with E-state index in [4.69, 9.17) is 0 Å². The van der Waals surface area contributed by atoms with E-state index in [2.05, 4.69) is 25.2 Å². The fourth-order valence-corrected chi connectivity index (χ4v) is 3.48. The third-order valence-corrected chi connectivity index (χ3v) is 4.65. The SMILES string of the molecule is FC(F)(F)Oc1cccc(N2CCCC(Nc3ccc4[nH]ncc4c3)C2)c1. The van der Waals surface area contributed by atoms with Crippen molar-refractivity contribution in [2.75, 3.05) is 23.3 Å². The Hall–Kier alpha value is -2.90. The number of alkyl halides is 3. The van der Waals surface area contributed by atoms with Crippen LogP contribution in [0.25, 0.3) is 10.9 Å². The number of H-pyrrole nitrogens is 1. The lowest BCUT2D eigenvalue weighted by Crippen LogP contribution is -2.42. The highest BCUT2D eigenvalue weighted by molar-refractivity contribution is 5.81. The van der Waals surface area contributed by atoms with Crippen LogP contribution in [0.5, 0.6) is 5.75 Å². The van der Waals surface area contributed by atoms with Crippen LogP contribution in [0.3, 0.4) is 0 Å². The minimum Gasteiger partial charge on any atom is -0.406 e. The molecule has 3 aromatic rings. The molecular weight excluding hydrogens is 357 g/mol. The Bertz CT molecular complexity index is 924. The molecule has 4 rings (SSSR count). The Morgan fingerprint density at radius 3 is 2.93 bits per heavy atom. The quantitative estimate of drug-likeness (QED) is 0.702. The predicted octanol–water partition coefficient (Wildman–Crippen LogP) is 4.54. The first kappa shape index (κ1) is 17.5. The van der Waals surface area contributed by atoms with Crippen molar-refractivity contribution in [3.8, 4) is 5.75 Å². The van der Waals surface area contributed by atoms with Gasteiger partial charge in [-0.1, -0.05) is 6.07 Å². The van der Waals surface area contributed by atoms with E-state index in [0.717, 1.165) is 41.7 Å². The van der Waals surface area contributed by atoms with Crippen LogP contribution in [0.2, 0.25) is 0 Å². The van der Waals surface area contributed by atoms with Gasteiger partial charge in [-0.15, -0.1) is 13.2 Å². The molecule has 1 fully saturated rings. The molecule has 1 atom stereocenters. The number of nitrogens with zero attached hydrogens (tertiary/aromatic N) is 2. The first-order valence-corrected chi connectivity index (χ1v) is 8.77. The lowest BCUT2D eigenvalue weighted by Gasteiger charge is -2.35. The Balaban J connectivity index is 1.45. The Morgan fingerprint density at radius 1 is 1.19 bits per heavy atom. The summed E-state index contributed by atoms with van der Waals surface area (Å²) in [5.74, 6) is -0.194. The largest absolute Gasteiger partial charge is 0.573 e. The van der Waals surface area contributed by atoms with Crippen molar-refractivity contribution in [1.82, 2.24) is 10.2 Å². The average molecular weight is 376 g/mol. The molecule has 0 bridgehead atoms. The molecule has 1 aromatic heterocycles. The number of aromatic nitrogens is 2. The van der Waals surface area contributed by atoms with E-state index in [1.54, 1.807) is 12.3 Å². The van der Waals surface area contributed by atoms with Crippen molar-refractivity contribution in [1.29, 1.82) is 0 Å². The molecule has 0 spiro atoms. The van der Waals surface area contributed by atoms with E-state index in [1.165, 1.54) is 12.1 Å². The third-order valence-electron chi connectivity index (χ3n) is 4.65. The first-order chi connectivity index (χ1) is 13.0. The number of rotatable bonds is 4. The summed E-state index contributed by atoms with van der Waals surface area (Å²) < 4.78 is 41.4. The molecule has 8 heteroatoms. The van der Waals surface area contributed by atoms with Gasteiger partial charge in [0.05, 0.1) is 11.7 Å². The van der Waals surface area contributed by atoms with Crippen molar-refractivity contribution in [3.05, 3.63) is 48.7 Å². The second-order valence-corrected chi connectivity index (χ2v) is 6.65. The van der Waals surface area contributed by atoms with Crippen LogP contribution in [0.15, 0.2) is 48.7 Å². The van der Waals surface area contributed by atoms with Crippen molar-refractivity contribution < 1.29 is 17.9 Å². The highest BCUT2D eigenvalue weighted by atomic mass is 19.4. The molecular formula is C19H19F3N4O. The van der Waals surface area contributed by atoms with Crippen molar-refractivity contribution in [2.24, 2.45) is 0 Å². The van der Waals surface area contributed by atoms with Crippen LogP contribution < -0.4 is 15.0 Å². The molecule has 142 valence electrons. The van der Waals surface area contributed by atoms with Crippen molar-refractivity contribution >= 4 is 22.3 Å². The number of hydrogen-bond acceptors (Lipinski definition) is 4. The van der Waals surface area contributed by atoms with Gasteiger partial charge in [0.2, 0.25) is 0 Å². The molecule has 0 amide bonds. The lowest BCUT2D eigenvalue weighted by molar-refractivity contribution is -0.274. The third kappa shape index (κ3) is 4.27. The van der Waals surface area contributed by atoms with Gasteiger partial charge in [0.15, 0.2) is 0 Å². The van der Waals surface area contributed by atoms with Crippen LogP contribution >= 0.6 is 0 Å². The number of anilines is 2.